The summed E-state index contributed by atoms with van der Waals surface area (Å²) in [5.41, 5.74) is 0. The average Bonchev–Trinajstić information content (AvgIpc) is 2.06. The highest BCUT2D eigenvalue weighted by atomic mass is 32.1. The summed E-state index contributed by atoms with van der Waals surface area (Å²) in [6.45, 7) is 0. The van der Waals surface area contributed by atoms with Gasteiger partial charge in [0.25, 0.3) is 0 Å². The van der Waals surface area contributed by atoms with Crippen LogP contribution in [0.25, 0.3) is 10.8 Å². The molecule has 0 aliphatic heterocycles. The van der Waals surface area contributed by atoms with Gasteiger partial charge in [-0.05, 0) is 16.8 Å². The van der Waals surface area contributed by atoms with Crippen molar-refractivity contribution in [2.24, 2.45) is 0 Å². The summed E-state index contributed by atoms with van der Waals surface area (Å²) in [4.78, 5) is 0.933. The zero-order valence-electron chi connectivity index (χ0n) is 7.99. The zero-order chi connectivity index (χ0) is 7.68. The third-order valence-electron chi connectivity index (χ3n) is 1.75. The third kappa shape index (κ3) is 4.39. The molecule has 1 radical (unpaired) electrons. The van der Waals surface area contributed by atoms with E-state index in [9.17, 15) is 0 Å². The highest BCUT2D eigenvalue weighted by Crippen LogP contribution is 2.20. The van der Waals surface area contributed by atoms with Crippen LogP contribution in [0, 0.1) is 0 Å². The molecule has 0 saturated heterocycles. The van der Waals surface area contributed by atoms with Crippen LogP contribution in [0.1, 0.15) is 0 Å². The first-order valence-electron chi connectivity index (χ1n) is 3.53. The Morgan fingerprint density at radius 3 is 1.69 bits per heavy atom. The number of hydrogen-bond acceptors (Lipinski definition) is 0. The first-order chi connectivity index (χ1) is 5.38. The summed E-state index contributed by atoms with van der Waals surface area (Å²) >= 11 is 5.15. The quantitative estimate of drug-likeness (QED) is 0.623. The summed E-state index contributed by atoms with van der Waals surface area (Å²) in [5.74, 6) is 0. The average molecular weight is 259 g/mol. The molecule has 0 aliphatic rings. The largest absolute Gasteiger partial charge is 0.269 e. The minimum Gasteiger partial charge on any atom is -0.269 e. The Bertz CT molecular complexity index is 388. The molecule has 2 aromatic rings. The lowest BCUT2D eigenvalue weighted by molar-refractivity contribution is 1.11. The van der Waals surface area contributed by atoms with Gasteiger partial charge in [-0.1, -0.05) is 49.0 Å². The van der Waals surface area contributed by atoms with Gasteiger partial charge < -0.3 is 0 Å². The predicted octanol–water partition coefficient (Wildman–Crippen LogP) is 4.16. The third-order valence-corrected chi connectivity index (χ3v) is 2.11. The molecule has 2 rings (SSSR count). The van der Waals surface area contributed by atoms with Gasteiger partial charge in [0, 0.05) is 4.90 Å². The van der Waals surface area contributed by atoms with Crippen LogP contribution in [0.4, 0.5) is 23.5 Å². The van der Waals surface area contributed by atoms with E-state index in [1.165, 1.54) is 10.8 Å². The summed E-state index contributed by atoms with van der Waals surface area (Å²) in [6.07, 6.45) is 0. The lowest BCUT2D eigenvalue weighted by atomic mass is 10.1. The van der Waals surface area contributed by atoms with Crippen LogP contribution in [-0.4, -0.2) is 0 Å². The maximum atomic E-state index is 5.15. The van der Waals surface area contributed by atoms with Gasteiger partial charge in [0.1, 0.15) is 0 Å². The van der Waals surface area contributed by atoms with Crippen molar-refractivity contribution < 1.29 is 23.5 Å². The number of fused-ring (bicyclic) bond motifs is 1. The Morgan fingerprint density at radius 2 is 1.12 bits per heavy atom. The Kier molecular flexibility index (Phi) is 15.2. The Labute approximate surface area is 94.9 Å². The lowest BCUT2D eigenvalue weighted by Crippen LogP contribution is -1.71. The Morgan fingerprint density at radius 1 is 0.625 bits per heavy atom. The van der Waals surface area contributed by atoms with Crippen molar-refractivity contribution in [2.75, 3.05) is 0 Å². The van der Waals surface area contributed by atoms with Crippen molar-refractivity contribution in [3.8, 4) is 0 Å². The van der Waals surface area contributed by atoms with E-state index in [1.54, 1.807) is 0 Å². The first kappa shape index (κ1) is 24.0. The number of hydrogen-bond donors (Lipinski definition) is 0. The smallest absolute Gasteiger partial charge is 0.0455 e. The van der Waals surface area contributed by atoms with Crippen LogP contribution in [0.2, 0.25) is 0 Å². The number of rotatable bonds is 0. The summed E-state index contributed by atoms with van der Waals surface area (Å²) < 4.78 is 0. The molecule has 0 atom stereocenters. The topological polar surface area (TPSA) is 0 Å². The molecule has 0 bridgehead atoms. The SMILES string of the molecule is F.F.F.F.F.[S]c1cccc2ccccc12. The van der Waals surface area contributed by atoms with Gasteiger partial charge in [-0.3, -0.25) is 23.5 Å². The van der Waals surface area contributed by atoms with E-state index in [1.807, 2.05) is 24.3 Å². The highest BCUT2D eigenvalue weighted by molar-refractivity contribution is 7.80. The monoisotopic (exact) mass is 259 g/mol. The molecule has 0 saturated carbocycles. The summed E-state index contributed by atoms with van der Waals surface area (Å²) in [7, 11) is 0. The minimum atomic E-state index is 0. The van der Waals surface area contributed by atoms with Crippen molar-refractivity contribution in [2.45, 2.75) is 4.90 Å². The molecule has 0 amide bonds. The second-order valence-corrected chi connectivity index (χ2v) is 2.92. The van der Waals surface area contributed by atoms with Gasteiger partial charge in [-0.15, -0.1) is 0 Å². The molecule has 0 fully saturated rings. The fraction of sp³-hybridized carbons (Fsp3) is 0. The van der Waals surface area contributed by atoms with E-state index in [-0.39, 0.29) is 23.5 Å². The molecule has 0 heterocycles. The van der Waals surface area contributed by atoms with Crippen molar-refractivity contribution in [1.82, 2.24) is 0 Å². The Hall–Kier alpha value is -1.43. The van der Waals surface area contributed by atoms with E-state index < -0.39 is 0 Å². The van der Waals surface area contributed by atoms with Crippen LogP contribution in [0.15, 0.2) is 47.4 Å². The molecule has 0 spiro atoms. The van der Waals surface area contributed by atoms with Crippen LogP contribution in [0.5, 0.6) is 0 Å². The standard InChI is InChI=1S/C10H7S.5FH/c11-10-7-3-5-8-4-1-2-6-9(8)10;;;;;/h1-7H;5*1H. The fourth-order valence-electron chi connectivity index (χ4n) is 1.20. The van der Waals surface area contributed by atoms with Crippen LogP contribution < -0.4 is 0 Å². The molecular formula is C10H12F5S. The maximum absolute atomic E-state index is 5.15. The lowest BCUT2D eigenvalue weighted by Gasteiger charge is -1.97. The van der Waals surface area contributed by atoms with Gasteiger partial charge in [0.05, 0.1) is 0 Å². The van der Waals surface area contributed by atoms with E-state index >= 15 is 0 Å². The van der Waals surface area contributed by atoms with Gasteiger partial charge in [0.2, 0.25) is 0 Å². The number of halogens is 5. The molecule has 0 unspecified atom stereocenters. The zero-order valence-corrected chi connectivity index (χ0v) is 8.81. The molecule has 0 N–H and O–H groups in total. The summed E-state index contributed by atoms with van der Waals surface area (Å²) in [6, 6.07) is 14.2. The van der Waals surface area contributed by atoms with E-state index in [0.29, 0.717) is 0 Å². The van der Waals surface area contributed by atoms with E-state index in [0.717, 1.165) is 4.90 Å². The molecule has 6 heteroatoms. The molecule has 93 valence electrons. The van der Waals surface area contributed by atoms with Crippen molar-refractivity contribution >= 4 is 23.4 Å². The van der Waals surface area contributed by atoms with Crippen molar-refractivity contribution in [1.29, 1.82) is 0 Å². The van der Waals surface area contributed by atoms with Gasteiger partial charge in [0.15, 0.2) is 0 Å². The second-order valence-electron chi connectivity index (χ2n) is 2.48. The van der Waals surface area contributed by atoms with Crippen molar-refractivity contribution in [3.63, 3.8) is 0 Å². The van der Waals surface area contributed by atoms with Crippen LogP contribution in [-0.2, 0) is 0 Å². The molecule has 0 nitrogen and oxygen atoms in total. The summed E-state index contributed by atoms with van der Waals surface area (Å²) in [5, 5.41) is 2.39. The normalized spacial score (nSPS) is 7.00. The number of benzene rings is 2. The van der Waals surface area contributed by atoms with Crippen molar-refractivity contribution in [3.05, 3.63) is 42.5 Å². The minimum absolute atomic E-state index is 0. The molecule has 16 heavy (non-hydrogen) atoms. The van der Waals surface area contributed by atoms with Gasteiger partial charge in [-0.2, -0.15) is 0 Å². The molecule has 0 aliphatic carbocycles. The highest BCUT2D eigenvalue weighted by Gasteiger charge is 1.93. The van der Waals surface area contributed by atoms with Crippen LogP contribution in [0.3, 0.4) is 0 Å². The molecule has 2 aromatic carbocycles. The van der Waals surface area contributed by atoms with Crippen LogP contribution >= 0.6 is 12.6 Å². The second kappa shape index (κ2) is 10.1. The van der Waals surface area contributed by atoms with E-state index in [4.69, 9.17) is 12.6 Å². The molecule has 0 aromatic heterocycles. The van der Waals surface area contributed by atoms with E-state index in [2.05, 4.69) is 18.2 Å². The Balaban J connectivity index is -0.000000144. The predicted molar refractivity (Wildman–Crippen MR) is 62.3 cm³/mol. The van der Waals surface area contributed by atoms with Gasteiger partial charge >= 0.3 is 0 Å². The molecular weight excluding hydrogens is 247 g/mol. The van der Waals surface area contributed by atoms with Gasteiger partial charge in [-0.25, -0.2) is 0 Å². The first-order valence-corrected chi connectivity index (χ1v) is 3.93. The fourth-order valence-corrected chi connectivity index (χ4v) is 1.46. The maximum Gasteiger partial charge on any atom is 0.0455 e.